The van der Waals surface area contributed by atoms with E-state index in [0.29, 0.717) is 17.7 Å². The molecule has 1 saturated heterocycles. The minimum Gasteiger partial charge on any atom is -0.494 e. The molecule has 2 aliphatic rings. The second-order valence-corrected chi connectivity index (χ2v) is 10.1. The average molecular weight is 469 g/mol. The van der Waals surface area contributed by atoms with Crippen molar-refractivity contribution in [3.05, 3.63) is 59.1 Å². The zero-order valence-electron chi connectivity index (χ0n) is 19.8. The smallest absolute Gasteiger partial charge is 0.235 e. The largest absolute Gasteiger partial charge is 0.494 e. The van der Waals surface area contributed by atoms with Crippen molar-refractivity contribution >= 4 is 23.2 Å². The lowest BCUT2D eigenvalue weighted by Gasteiger charge is -2.37. The quantitative estimate of drug-likeness (QED) is 0.432. The van der Waals surface area contributed by atoms with Gasteiger partial charge in [-0.05, 0) is 81.5 Å². The van der Waals surface area contributed by atoms with Crippen LogP contribution in [0, 0.1) is 0 Å². The number of halogens is 1. The maximum absolute atomic E-state index is 13.5. The fraction of sp³-hybridized carbons (Fsp3) is 0.536. The molecule has 4 nitrogen and oxygen atoms in total. The van der Waals surface area contributed by atoms with Gasteiger partial charge in [-0.25, -0.2) is 0 Å². The molecule has 1 unspecified atom stereocenters. The maximum atomic E-state index is 13.5. The Hall–Kier alpha value is -2.04. The number of amides is 1. The molecule has 0 bridgehead atoms. The molecule has 1 atom stereocenters. The molecule has 0 radical (unpaired) electrons. The topological polar surface area (TPSA) is 41.6 Å². The van der Waals surface area contributed by atoms with Crippen LogP contribution in [0.4, 0.5) is 5.69 Å². The fourth-order valence-corrected chi connectivity index (χ4v) is 5.77. The van der Waals surface area contributed by atoms with Crippen molar-refractivity contribution in [2.45, 2.75) is 76.2 Å². The molecule has 1 amide bonds. The van der Waals surface area contributed by atoms with E-state index in [1.54, 1.807) is 0 Å². The molecule has 1 N–H and O–H groups in total. The van der Waals surface area contributed by atoms with Crippen molar-refractivity contribution in [2.24, 2.45) is 0 Å². The standard InChI is InChI=1S/C28H37ClN2O2/c1-22-10-5-8-19-31(22)20-9-21-33-24-15-13-23(14-16-24)30-27(32)28(17-6-2-7-18-28)25-11-3-4-12-26(25)29/h3-4,11-16,22H,2,5-10,17-21H2,1H3,(H,30,32). The highest BCUT2D eigenvalue weighted by atomic mass is 35.5. The summed E-state index contributed by atoms with van der Waals surface area (Å²) in [6, 6.07) is 16.2. The second-order valence-electron chi connectivity index (χ2n) is 9.68. The Morgan fingerprint density at radius 2 is 1.82 bits per heavy atom. The van der Waals surface area contributed by atoms with Crippen LogP contribution in [0.5, 0.6) is 5.75 Å². The molecule has 1 aliphatic heterocycles. The Kier molecular flexibility index (Phi) is 8.32. The summed E-state index contributed by atoms with van der Waals surface area (Å²) in [5, 5.41) is 3.84. The van der Waals surface area contributed by atoms with Gasteiger partial charge in [0.1, 0.15) is 5.75 Å². The number of hydrogen-bond acceptors (Lipinski definition) is 3. The predicted molar refractivity (Wildman–Crippen MR) is 136 cm³/mol. The van der Waals surface area contributed by atoms with Crippen LogP contribution >= 0.6 is 11.6 Å². The lowest BCUT2D eigenvalue weighted by atomic mass is 9.68. The SMILES string of the molecule is CC1CCCCN1CCCOc1ccc(NC(=O)C2(c3ccccc3Cl)CCCCC2)cc1. The van der Waals surface area contributed by atoms with Crippen LogP contribution in [0.2, 0.25) is 5.02 Å². The van der Waals surface area contributed by atoms with E-state index in [1.165, 1.54) is 32.2 Å². The molecule has 1 heterocycles. The number of rotatable bonds is 8. The van der Waals surface area contributed by atoms with Crippen LogP contribution in [0.3, 0.4) is 0 Å². The number of ether oxygens (including phenoxy) is 1. The minimum absolute atomic E-state index is 0.0413. The molecule has 4 rings (SSSR count). The zero-order valence-corrected chi connectivity index (χ0v) is 20.6. The Labute approximate surface area is 203 Å². The molecule has 0 aromatic heterocycles. The van der Waals surface area contributed by atoms with Gasteiger partial charge in [-0.2, -0.15) is 0 Å². The number of nitrogens with one attached hydrogen (secondary N) is 1. The molecule has 5 heteroatoms. The van der Waals surface area contributed by atoms with Crippen LogP contribution in [-0.2, 0) is 10.2 Å². The molecular weight excluding hydrogens is 432 g/mol. The molecule has 178 valence electrons. The number of hydrogen-bond donors (Lipinski definition) is 1. The van der Waals surface area contributed by atoms with E-state index in [9.17, 15) is 4.79 Å². The third kappa shape index (κ3) is 5.91. The summed E-state index contributed by atoms with van der Waals surface area (Å²) in [5.74, 6) is 0.887. The van der Waals surface area contributed by atoms with Gasteiger partial charge in [-0.1, -0.05) is 55.5 Å². The van der Waals surface area contributed by atoms with Crippen LogP contribution in [0.15, 0.2) is 48.5 Å². The summed E-state index contributed by atoms with van der Waals surface area (Å²) in [4.78, 5) is 16.1. The van der Waals surface area contributed by atoms with Crippen molar-refractivity contribution < 1.29 is 9.53 Å². The molecule has 0 spiro atoms. The Bertz CT molecular complexity index is 908. The van der Waals surface area contributed by atoms with E-state index >= 15 is 0 Å². The summed E-state index contributed by atoms with van der Waals surface area (Å²) >= 11 is 6.53. The fourth-order valence-electron chi connectivity index (χ4n) is 5.46. The lowest BCUT2D eigenvalue weighted by Crippen LogP contribution is -2.42. The Balaban J connectivity index is 1.33. The number of benzene rings is 2. The molecule has 1 aliphatic carbocycles. The summed E-state index contributed by atoms with van der Waals surface area (Å²) in [6.07, 6.45) is 9.94. The van der Waals surface area contributed by atoms with Crippen molar-refractivity contribution in [3.63, 3.8) is 0 Å². The molecule has 1 saturated carbocycles. The number of nitrogens with zero attached hydrogens (tertiary/aromatic N) is 1. The number of anilines is 1. The van der Waals surface area contributed by atoms with Gasteiger partial charge in [0, 0.05) is 23.3 Å². The first kappa shape index (κ1) is 24.1. The van der Waals surface area contributed by atoms with Gasteiger partial charge in [0.05, 0.1) is 12.0 Å². The van der Waals surface area contributed by atoms with E-state index in [2.05, 4.69) is 17.1 Å². The van der Waals surface area contributed by atoms with Crippen LogP contribution in [-0.4, -0.2) is 36.5 Å². The van der Waals surface area contributed by atoms with E-state index in [-0.39, 0.29) is 5.91 Å². The van der Waals surface area contributed by atoms with Crippen LogP contribution < -0.4 is 10.1 Å². The van der Waals surface area contributed by atoms with Gasteiger partial charge >= 0.3 is 0 Å². The third-order valence-corrected chi connectivity index (χ3v) is 7.77. The van der Waals surface area contributed by atoms with E-state index in [1.807, 2.05) is 48.5 Å². The number of carbonyl (C=O) groups is 1. The highest BCUT2D eigenvalue weighted by molar-refractivity contribution is 6.31. The minimum atomic E-state index is -0.558. The van der Waals surface area contributed by atoms with Crippen molar-refractivity contribution in [1.82, 2.24) is 4.90 Å². The van der Waals surface area contributed by atoms with Gasteiger partial charge in [-0.15, -0.1) is 0 Å². The third-order valence-electron chi connectivity index (χ3n) is 7.44. The van der Waals surface area contributed by atoms with E-state index < -0.39 is 5.41 Å². The Morgan fingerprint density at radius 1 is 1.06 bits per heavy atom. The highest BCUT2D eigenvalue weighted by Gasteiger charge is 2.42. The highest BCUT2D eigenvalue weighted by Crippen LogP contribution is 2.43. The van der Waals surface area contributed by atoms with E-state index in [0.717, 1.165) is 55.6 Å². The first-order valence-corrected chi connectivity index (χ1v) is 13.0. The maximum Gasteiger partial charge on any atom is 0.235 e. The lowest BCUT2D eigenvalue weighted by molar-refractivity contribution is -0.122. The molecule has 2 aromatic rings. The van der Waals surface area contributed by atoms with E-state index in [4.69, 9.17) is 16.3 Å². The van der Waals surface area contributed by atoms with Gasteiger partial charge in [0.2, 0.25) is 5.91 Å². The monoisotopic (exact) mass is 468 g/mol. The molecule has 33 heavy (non-hydrogen) atoms. The normalized spacial score (nSPS) is 20.8. The second kappa shape index (κ2) is 11.4. The number of carbonyl (C=O) groups excluding carboxylic acids is 1. The molecule has 2 aromatic carbocycles. The van der Waals surface area contributed by atoms with Crippen molar-refractivity contribution in [3.8, 4) is 5.75 Å². The van der Waals surface area contributed by atoms with Crippen molar-refractivity contribution in [1.29, 1.82) is 0 Å². The Morgan fingerprint density at radius 3 is 2.55 bits per heavy atom. The summed E-state index contributed by atoms with van der Waals surface area (Å²) in [6.45, 7) is 5.35. The summed E-state index contributed by atoms with van der Waals surface area (Å²) in [7, 11) is 0. The first-order chi connectivity index (χ1) is 16.1. The van der Waals surface area contributed by atoms with Gasteiger partial charge in [0.15, 0.2) is 0 Å². The van der Waals surface area contributed by atoms with Gasteiger partial charge in [-0.3, -0.25) is 4.79 Å². The number of piperidine rings is 1. The van der Waals surface area contributed by atoms with Crippen LogP contribution in [0.1, 0.15) is 70.3 Å². The van der Waals surface area contributed by atoms with Crippen molar-refractivity contribution in [2.75, 3.05) is 25.0 Å². The summed E-state index contributed by atoms with van der Waals surface area (Å²) < 4.78 is 5.96. The summed E-state index contributed by atoms with van der Waals surface area (Å²) in [5.41, 5.74) is 1.19. The predicted octanol–water partition coefficient (Wildman–Crippen LogP) is 6.82. The molecule has 2 fully saturated rings. The van der Waals surface area contributed by atoms with Gasteiger partial charge < -0.3 is 15.0 Å². The van der Waals surface area contributed by atoms with Crippen LogP contribution in [0.25, 0.3) is 0 Å². The van der Waals surface area contributed by atoms with Gasteiger partial charge in [0.25, 0.3) is 0 Å². The first-order valence-electron chi connectivity index (χ1n) is 12.6. The molecular formula is C28H37ClN2O2. The zero-order chi connectivity index (χ0) is 23.1. The average Bonchev–Trinajstić information content (AvgIpc) is 2.84. The number of likely N-dealkylation sites (tertiary alicyclic amines) is 1.